The molecule has 0 N–H and O–H groups in total. The summed E-state index contributed by atoms with van der Waals surface area (Å²) in [6.07, 6.45) is 28.0. The first-order valence-electron chi connectivity index (χ1n) is 26.0. The second kappa shape index (κ2) is 13.9. The fourth-order valence-electron chi connectivity index (χ4n) is 16.1. The lowest BCUT2D eigenvalue weighted by Crippen LogP contribution is -2.49. The maximum atomic E-state index is 2.72. The molecule has 6 aromatic rings. The van der Waals surface area contributed by atoms with Gasteiger partial charge < -0.3 is 0 Å². The van der Waals surface area contributed by atoms with Crippen LogP contribution >= 0.6 is 0 Å². The van der Waals surface area contributed by atoms with Gasteiger partial charge in [-0.3, -0.25) is 0 Å². The molecule has 0 aromatic heterocycles. The van der Waals surface area contributed by atoms with Crippen molar-refractivity contribution in [3.8, 4) is 33.4 Å². The second-order valence-corrected chi connectivity index (χ2v) is 28.6. The zero-order valence-corrected chi connectivity index (χ0v) is 42.4. The topological polar surface area (TPSA) is 0 Å². The zero-order valence-electron chi connectivity index (χ0n) is 41.4. The molecule has 14 rings (SSSR count). The Morgan fingerprint density at radius 2 is 1.35 bits per heavy atom. The second-order valence-electron chi connectivity index (χ2n) is 24.3. The van der Waals surface area contributed by atoms with E-state index in [4.69, 9.17) is 0 Å². The quantitative estimate of drug-likeness (QED) is 0.123. The third-order valence-corrected chi connectivity index (χ3v) is 23.4. The highest BCUT2D eigenvalue weighted by molar-refractivity contribution is 7.04. The summed E-state index contributed by atoms with van der Waals surface area (Å²) in [5.41, 5.74) is 22.5. The van der Waals surface area contributed by atoms with Crippen molar-refractivity contribution < 1.29 is 0 Å². The van der Waals surface area contributed by atoms with Crippen LogP contribution in [-0.4, -0.2) is 8.07 Å². The molecule has 0 spiro atoms. The molecule has 1 fully saturated rings. The van der Waals surface area contributed by atoms with Crippen LogP contribution in [0.1, 0.15) is 95.9 Å². The van der Waals surface area contributed by atoms with Gasteiger partial charge in [-0.05, 0) is 189 Å². The maximum absolute atomic E-state index is 2.72. The monoisotopic (exact) mass is 896 g/mol. The lowest BCUT2D eigenvalue weighted by Gasteiger charge is -2.37. The summed E-state index contributed by atoms with van der Waals surface area (Å²) >= 11 is 0. The fraction of sp³-hybridized carbons (Fsp3) is 0.313. The van der Waals surface area contributed by atoms with Crippen molar-refractivity contribution in [2.75, 3.05) is 0 Å². The summed E-state index contributed by atoms with van der Waals surface area (Å²) in [6, 6.07) is 39.2. The minimum Gasteiger partial charge on any atom is -0.0839 e. The van der Waals surface area contributed by atoms with E-state index in [0.29, 0.717) is 29.6 Å². The smallest absolute Gasteiger partial charge is 0.0839 e. The molecule has 1 saturated carbocycles. The Bertz CT molecular complexity index is 3510. The van der Waals surface area contributed by atoms with E-state index < -0.39 is 8.07 Å². The lowest BCUT2D eigenvalue weighted by molar-refractivity contribution is 0.220. The molecule has 5 unspecified atom stereocenters. The molecule has 1 heteroatoms. The molecule has 1 aliphatic heterocycles. The van der Waals surface area contributed by atoms with E-state index in [2.05, 4.69) is 206 Å². The van der Waals surface area contributed by atoms with E-state index in [-0.39, 0.29) is 16.2 Å². The molecular weight excluding hydrogens is 833 g/mol. The highest BCUT2D eigenvalue weighted by Crippen LogP contribution is 2.62. The molecular formula is C67H64Si. The van der Waals surface area contributed by atoms with Crippen molar-refractivity contribution >= 4 is 51.1 Å². The van der Waals surface area contributed by atoms with Crippen LogP contribution in [0.4, 0.5) is 0 Å². The van der Waals surface area contributed by atoms with Gasteiger partial charge in [0, 0.05) is 11.3 Å². The van der Waals surface area contributed by atoms with Crippen molar-refractivity contribution in [2.45, 2.75) is 92.2 Å². The van der Waals surface area contributed by atoms with Gasteiger partial charge in [0.15, 0.2) is 0 Å². The highest BCUT2D eigenvalue weighted by Gasteiger charge is 2.52. The Balaban J connectivity index is 1.04. The van der Waals surface area contributed by atoms with Gasteiger partial charge in [-0.25, -0.2) is 0 Å². The van der Waals surface area contributed by atoms with Gasteiger partial charge >= 0.3 is 0 Å². The van der Waals surface area contributed by atoms with Crippen molar-refractivity contribution in [1.82, 2.24) is 0 Å². The van der Waals surface area contributed by atoms with Crippen LogP contribution in [0.25, 0.3) is 66.1 Å². The van der Waals surface area contributed by atoms with Crippen LogP contribution in [0.3, 0.4) is 0 Å². The molecule has 0 nitrogen and oxygen atoms in total. The lowest BCUT2D eigenvalue weighted by atomic mass is 9.67. The first kappa shape index (κ1) is 41.2. The predicted molar refractivity (Wildman–Crippen MR) is 293 cm³/mol. The minimum absolute atomic E-state index is 0.0943. The van der Waals surface area contributed by atoms with Crippen LogP contribution in [0.15, 0.2) is 168 Å². The van der Waals surface area contributed by atoms with E-state index in [1.165, 1.54) is 95.6 Å². The summed E-state index contributed by atoms with van der Waals surface area (Å²) in [6.45, 7) is 20.3. The molecule has 0 saturated heterocycles. The predicted octanol–water partition coefficient (Wildman–Crippen LogP) is 16.6. The van der Waals surface area contributed by atoms with Gasteiger partial charge in [-0.15, -0.1) is 0 Å². The Kier molecular flexibility index (Phi) is 8.45. The molecule has 5 atom stereocenters. The van der Waals surface area contributed by atoms with Crippen LogP contribution in [0.2, 0.25) is 13.1 Å². The van der Waals surface area contributed by atoms with Gasteiger partial charge in [0.05, 0.1) is 0 Å². The summed E-state index contributed by atoms with van der Waals surface area (Å²) in [5.74, 6) is 2.77. The third-order valence-electron chi connectivity index (χ3n) is 19.8. The molecule has 7 aliphatic carbocycles. The Hall–Kier alpha value is -5.76. The average Bonchev–Trinajstić information content (AvgIpc) is 3.92. The van der Waals surface area contributed by atoms with E-state index in [0.717, 1.165) is 19.3 Å². The largest absolute Gasteiger partial charge is 0.113 e. The molecule has 6 aromatic carbocycles. The van der Waals surface area contributed by atoms with Crippen LogP contribution in [-0.2, 0) is 5.41 Å². The fourth-order valence-corrected chi connectivity index (χ4v) is 19.2. The Morgan fingerprint density at radius 1 is 0.603 bits per heavy atom. The van der Waals surface area contributed by atoms with Gasteiger partial charge in [-0.2, -0.15) is 0 Å². The van der Waals surface area contributed by atoms with E-state index in [9.17, 15) is 0 Å². The van der Waals surface area contributed by atoms with E-state index in [1.807, 2.05) is 0 Å². The molecule has 0 amide bonds. The number of fused-ring (bicyclic) bond motifs is 13. The van der Waals surface area contributed by atoms with Crippen molar-refractivity contribution in [3.63, 3.8) is 0 Å². The summed E-state index contributed by atoms with van der Waals surface area (Å²) in [7, 11) is -2.02. The first-order chi connectivity index (χ1) is 32.7. The molecule has 0 bridgehead atoms. The maximum Gasteiger partial charge on any atom is 0.113 e. The summed E-state index contributed by atoms with van der Waals surface area (Å²) < 4.78 is 0. The Morgan fingerprint density at radius 3 is 2.22 bits per heavy atom. The molecule has 336 valence electrons. The van der Waals surface area contributed by atoms with E-state index in [1.54, 1.807) is 32.7 Å². The number of allylic oxidation sites excluding steroid dienone is 14. The molecule has 8 aliphatic rings. The van der Waals surface area contributed by atoms with Gasteiger partial charge in [0.2, 0.25) is 0 Å². The first-order valence-corrected chi connectivity index (χ1v) is 29.0. The highest BCUT2D eigenvalue weighted by atomic mass is 28.3. The molecule has 1 heterocycles. The van der Waals surface area contributed by atoms with Crippen molar-refractivity contribution in [1.29, 1.82) is 0 Å². The number of rotatable bonds is 3. The van der Waals surface area contributed by atoms with Gasteiger partial charge in [-0.1, -0.05) is 199 Å². The summed E-state index contributed by atoms with van der Waals surface area (Å²) in [5, 5.41) is 8.79. The standard InChI is InChI=1S/C67H64Si/c1-65(2)55-21-13-9-17-43(55)46-29-25-40(34-58(46)65)39-26-32-50-52(33-39)64(42-28-31-48-45-19-11-15-23-57(45)67(5,6)60(48)36-42)54-38-62-51(49-20-12-16-24-61(49)68(62,7)8)37-53(54)63(50)41-27-30-47-44-18-10-14-22-56(44)66(3,4)59(47)35-41/h9-12,14-20,22-28,30-33,36-38,44,46,56,58-59H,13,21,29,34-35H2,1-8H3. The van der Waals surface area contributed by atoms with Gasteiger partial charge in [0.1, 0.15) is 8.07 Å². The van der Waals surface area contributed by atoms with Crippen LogP contribution < -0.4 is 10.4 Å². The molecule has 68 heavy (non-hydrogen) atoms. The third kappa shape index (κ3) is 5.38. The minimum atomic E-state index is -2.02. The Labute approximate surface area is 405 Å². The average molecular weight is 897 g/mol. The number of benzene rings is 6. The normalized spacial score (nSPS) is 26.6. The SMILES string of the molecule is CC1(C)c2ccccc2-c2ccc(-c3c4cc(C5=CCC6C7=C(CCC=C7)C(C)(C)C6C5)ccc4c(C4=CC=C5C6C=CC=CC6C(C)(C)C5C4)c4cc5c(cc34)[Si](C)(C)c3ccccc3-5)cc21. The number of hydrogen-bond donors (Lipinski definition) is 0. The van der Waals surface area contributed by atoms with Crippen molar-refractivity contribution in [3.05, 3.63) is 191 Å². The van der Waals surface area contributed by atoms with E-state index >= 15 is 0 Å². The number of hydrogen-bond acceptors (Lipinski definition) is 0. The summed E-state index contributed by atoms with van der Waals surface area (Å²) in [4.78, 5) is 0. The van der Waals surface area contributed by atoms with Crippen molar-refractivity contribution in [2.24, 2.45) is 40.4 Å². The van der Waals surface area contributed by atoms with Crippen LogP contribution in [0.5, 0.6) is 0 Å². The van der Waals surface area contributed by atoms with Crippen LogP contribution in [0, 0.1) is 40.4 Å². The zero-order chi connectivity index (χ0) is 46.2. The molecule has 0 radical (unpaired) electrons. The van der Waals surface area contributed by atoms with Gasteiger partial charge in [0.25, 0.3) is 0 Å².